The van der Waals surface area contributed by atoms with Gasteiger partial charge in [-0.3, -0.25) is 0 Å². The van der Waals surface area contributed by atoms with Crippen molar-refractivity contribution in [2.75, 3.05) is 0 Å². The third-order valence-corrected chi connectivity index (χ3v) is 14.0. The quantitative estimate of drug-likeness (QED) is 0.174. The maximum absolute atomic E-state index is 6.76. The second-order valence-corrected chi connectivity index (χ2v) is 17.3. The van der Waals surface area contributed by atoms with Crippen LogP contribution in [-0.2, 0) is 0 Å². The van der Waals surface area contributed by atoms with Crippen LogP contribution < -0.4 is 0 Å². The Bertz CT molecular complexity index is 4420. The molecule has 15 rings (SSSR count). The highest BCUT2D eigenvalue weighted by molar-refractivity contribution is 6.23. The Labute approximate surface area is 366 Å². The monoisotopic (exact) mass is 813 g/mol. The summed E-state index contributed by atoms with van der Waals surface area (Å²) in [5, 5.41) is 12.4. The van der Waals surface area contributed by atoms with Crippen LogP contribution in [0.1, 0.15) is 0 Å². The standard InChI is InChI=1S/C60H35N3O/c1-2-11-40(12-3-1)61-52-18-7-5-14-43(52)50-31-36(23-29-55(50)61)37-24-30-56-51(32-37)44-15-6-8-19-53(44)62(56)41-25-28-47-46-27-22-39(34-58(46)64-59(47)35-41)38-21-26-45-49-17-10-16-48-42-13-4-9-20-54(42)63(60(48)49)57(45)33-38/h1-35H. The first kappa shape index (κ1) is 34.0. The molecule has 0 aliphatic rings. The van der Waals surface area contributed by atoms with Gasteiger partial charge in [0.1, 0.15) is 11.2 Å². The minimum Gasteiger partial charge on any atom is -0.456 e. The highest BCUT2D eigenvalue weighted by Crippen LogP contribution is 2.43. The van der Waals surface area contributed by atoms with Crippen LogP contribution in [0.15, 0.2) is 217 Å². The summed E-state index contributed by atoms with van der Waals surface area (Å²) in [5.74, 6) is 0. The van der Waals surface area contributed by atoms with Crippen molar-refractivity contribution in [3.63, 3.8) is 0 Å². The molecule has 0 saturated heterocycles. The molecule has 0 aliphatic carbocycles. The molecule has 0 radical (unpaired) electrons. The van der Waals surface area contributed by atoms with Crippen LogP contribution in [-0.4, -0.2) is 13.5 Å². The molecular formula is C60H35N3O. The maximum atomic E-state index is 6.76. The van der Waals surface area contributed by atoms with E-state index >= 15 is 0 Å². The summed E-state index contributed by atoms with van der Waals surface area (Å²) >= 11 is 0. The Morgan fingerprint density at radius 2 is 0.703 bits per heavy atom. The van der Waals surface area contributed by atoms with E-state index in [1.165, 1.54) is 98.6 Å². The lowest BCUT2D eigenvalue weighted by molar-refractivity contribution is 0.669. The fraction of sp³-hybridized carbons (Fsp3) is 0. The third-order valence-electron chi connectivity index (χ3n) is 14.0. The maximum Gasteiger partial charge on any atom is 0.137 e. The number of fused-ring (bicyclic) bond motifs is 15. The summed E-state index contributed by atoms with van der Waals surface area (Å²) < 4.78 is 14.0. The van der Waals surface area contributed by atoms with Gasteiger partial charge in [-0.1, -0.05) is 121 Å². The van der Waals surface area contributed by atoms with E-state index in [2.05, 4.69) is 226 Å². The van der Waals surface area contributed by atoms with E-state index in [0.717, 1.165) is 38.7 Å². The third kappa shape index (κ3) is 4.56. The lowest BCUT2D eigenvalue weighted by atomic mass is 10.0. The zero-order chi connectivity index (χ0) is 41.6. The molecule has 5 aromatic heterocycles. The number of para-hydroxylation sites is 5. The molecule has 0 bridgehead atoms. The molecule has 0 N–H and O–H groups in total. The largest absolute Gasteiger partial charge is 0.456 e. The Morgan fingerprint density at radius 3 is 1.38 bits per heavy atom. The van der Waals surface area contributed by atoms with Gasteiger partial charge in [-0.15, -0.1) is 0 Å². The zero-order valence-electron chi connectivity index (χ0n) is 34.5. The first-order chi connectivity index (χ1) is 31.7. The molecule has 0 aliphatic heterocycles. The van der Waals surface area contributed by atoms with Crippen molar-refractivity contribution in [3.05, 3.63) is 212 Å². The van der Waals surface area contributed by atoms with Gasteiger partial charge < -0.3 is 18.0 Å². The normalized spacial score (nSPS) is 12.4. The molecule has 0 saturated carbocycles. The van der Waals surface area contributed by atoms with Crippen molar-refractivity contribution in [1.29, 1.82) is 0 Å². The summed E-state index contributed by atoms with van der Waals surface area (Å²) in [5.41, 5.74) is 17.2. The van der Waals surface area contributed by atoms with Gasteiger partial charge in [-0.25, -0.2) is 0 Å². The van der Waals surface area contributed by atoms with Crippen LogP contribution in [0.3, 0.4) is 0 Å². The Morgan fingerprint density at radius 1 is 0.250 bits per heavy atom. The van der Waals surface area contributed by atoms with E-state index in [1.54, 1.807) is 0 Å². The van der Waals surface area contributed by atoms with Crippen molar-refractivity contribution < 1.29 is 4.42 Å². The van der Waals surface area contributed by atoms with E-state index in [9.17, 15) is 0 Å². The van der Waals surface area contributed by atoms with Gasteiger partial charge in [-0.05, 0) is 107 Å². The number of hydrogen-bond donors (Lipinski definition) is 0. The molecule has 4 nitrogen and oxygen atoms in total. The van der Waals surface area contributed by atoms with E-state index in [1.807, 2.05) is 0 Å². The van der Waals surface area contributed by atoms with Gasteiger partial charge >= 0.3 is 0 Å². The second kappa shape index (κ2) is 12.5. The Balaban J connectivity index is 0.839. The molecule has 0 atom stereocenters. The van der Waals surface area contributed by atoms with Gasteiger partial charge in [0, 0.05) is 71.3 Å². The first-order valence-corrected chi connectivity index (χ1v) is 22.0. The Hall–Kier alpha value is -8.60. The molecule has 15 aromatic rings. The van der Waals surface area contributed by atoms with Crippen molar-refractivity contribution in [2.45, 2.75) is 0 Å². The predicted octanol–water partition coefficient (Wildman–Crippen LogP) is 16.3. The molecule has 0 fully saturated rings. The number of furan rings is 1. The fourth-order valence-corrected chi connectivity index (χ4v) is 11.1. The van der Waals surface area contributed by atoms with Crippen molar-refractivity contribution in [3.8, 4) is 33.6 Å². The lowest BCUT2D eigenvalue weighted by Crippen LogP contribution is -1.93. The van der Waals surface area contributed by atoms with Gasteiger partial charge in [-0.2, -0.15) is 0 Å². The number of hydrogen-bond acceptors (Lipinski definition) is 1. The van der Waals surface area contributed by atoms with Gasteiger partial charge in [0.05, 0.1) is 38.6 Å². The van der Waals surface area contributed by atoms with Crippen molar-refractivity contribution >= 4 is 104 Å². The number of benzene rings is 10. The molecule has 296 valence electrons. The van der Waals surface area contributed by atoms with Crippen molar-refractivity contribution in [2.24, 2.45) is 0 Å². The molecule has 4 heteroatoms. The smallest absolute Gasteiger partial charge is 0.137 e. The highest BCUT2D eigenvalue weighted by atomic mass is 16.3. The SMILES string of the molecule is c1ccc(-n2c3ccccc3c3cc(-c4ccc5c(c4)c4ccccc4n5-c4ccc5c(c4)oc4cc(-c6ccc7c8cccc9c%10ccccc%10n(c7c6)c98)ccc45)ccc32)cc1. The molecule has 0 amide bonds. The van der Waals surface area contributed by atoms with Crippen LogP contribution >= 0.6 is 0 Å². The number of aromatic nitrogens is 3. The van der Waals surface area contributed by atoms with Gasteiger partial charge in [0.2, 0.25) is 0 Å². The van der Waals surface area contributed by atoms with Crippen LogP contribution in [0.25, 0.3) is 137 Å². The first-order valence-electron chi connectivity index (χ1n) is 22.0. The number of rotatable bonds is 4. The summed E-state index contributed by atoms with van der Waals surface area (Å²) in [7, 11) is 0. The van der Waals surface area contributed by atoms with E-state index in [-0.39, 0.29) is 0 Å². The molecule has 5 heterocycles. The second-order valence-electron chi connectivity index (χ2n) is 17.3. The fourth-order valence-electron chi connectivity index (χ4n) is 11.1. The van der Waals surface area contributed by atoms with Gasteiger partial charge in [0.15, 0.2) is 0 Å². The van der Waals surface area contributed by atoms with Crippen LogP contribution in [0.2, 0.25) is 0 Å². The molecule has 64 heavy (non-hydrogen) atoms. The predicted molar refractivity (Wildman–Crippen MR) is 268 cm³/mol. The lowest BCUT2D eigenvalue weighted by Gasteiger charge is -2.09. The molecular weight excluding hydrogens is 779 g/mol. The summed E-state index contributed by atoms with van der Waals surface area (Å²) in [4.78, 5) is 0. The molecule has 0 spiro atoms. The average molecular weight is 814 g/mol. The van der Waals surface area contributed by atoms with Crippen molar-refractivity contribution in [1.82, 2.24) is 13.5 Å². The molecule has 10 aromatic carbocycles. The van der Waals surface area contributed by atoms with Crippen LogP contribution in [0.5, 0.6) is 0 Å². The van der Waals surface area contributed by atoms with Crippen LogP contribution in [0.4, 0.5) is 0 Å². The summed E-state index contributed by atoms with van der Waals surface area (Å²) in [6, 6.07) is 77.6. The average Bonchev–Trinajstić information content (AvgIpc) is 4.15. The zero-order valence-corrected chi connectivity index (χ0v) is 34.5. The summed E-state index contributed by atoms with van der Waals surface area (Å²) in [6.07, 6.45) is 0. The van der Waals surface area contributed by atoms with E-state index < -0.39 is 0 Å². The summed E-state index contributed by atoms with van der Waals surface area (Å²) in [6.45, 7) is 0. The van der Waals surface area contributed by atoms with E-state index in [0.29, 0.717) is 0 Å². The Kier molecular flexibility index (Phi) is 6.65. The minimum atomic E-state index is 0.876. The van der Waals surface area contributed by atoms with E-state index in [4.69, 9.17) is 4.42 Å². The van der Waals surface area contributed by atoms with Gasteiger partial charge in [0.25, 0.3) is 0 Å². The molecule has 0 unspecified atom stereocenters. The van der Waals surface area contributed by atoms with Crippen LogP contribution in [0, 0.1) is 0 Å². The topological polar surface area (TPSA) is 27.4 Å². The minimum absolute atomic E-state index is 0.876. The number of nitrogens with zero attached hydrogens (tertiary/aromatic N) is 3. The highest BCUT2D eigenvalue weighted by Gasteiger charge is 2.20.